The van der Waals surface area contributed by atoms with E-state index in [2.05, 4.69) is 27.7 Å². The minimum atomic E-state index is -0.787. The quantitative estimate of drug-likeness (QED) is 0.431. The Morgan fingerprint density at radius 3 is 1.71 bits per heavy atom. The second-order valence-corrected chi connectivity index (χ2v) is 7.88. The molecule has 0 amide bonds. The average Bonchev–Trinajstić information content (AvgIpc) is 2.38. The molecule has 0 saturated carbocycles. The summed E-state index contributed by atoms with van der Waals surface area (Å²) in [5, 5.41) is 9.83. The standard InChI is InChI=1S/C20H39O/c1-7-20(6,21)16-10-15-19(5)14-9-13-18(4)12-8-11-17(2)3/h1,7,17-19,21H,8-16H2,2-6H3. The maximum atomic E-state index is 9.83. The molecule has 0 bridgehead atoms. The Morgan fingerprint density at radius 1 is 0.857 bits per heavy atom. The Kier molecular flexibility index (Phi) is 11.1. The van der Waals surface area contributed by atoms with Crippen LogP contribution in [0.5, 0.6) is 0 Å². The van der Waals surface area contributed by atoms with Gasteiger partial charge in [-0.1, -0.05) is 91.7 Å². The van der Waals surface area contributed by atoms with Crippen molar-refractivity contribution in [3.8, 4) is 0 Å². The summed E-state index contributed by atoms with van der Waals surface area (Å²) in [4.78, 5) is 0. The molecule has 0 rings (SSSR count). The Bertz CT molecular complexity index is 255. The van der Waals surface area contributed by atoms with Crippen molar-refractivity contribution in [2.24, 2.45) is 17.8 Å². The number of aliphatic hydroxyl groups is 1. The van der Waals surface area contributed by atoms with Crippen LogP contribution in [0.4, 0.5) is 0 Å². The molecule has 3 atom stereocenters. The van der Waals surface area contributed by atoms with E-state index >= 15 is 0 Å². The molecule has 1 nitrogen and oxygen atoms in total. The van der Waals surface area contributed by atoms with Crippen LogP contribution >= 0.6 is 0 Å². The molecule has 0 saturated heterocycles. The number of hydrogen-bond acceptors (Lipinski definition) is 1. The molecule has 0 heterocycles. The van der Waals surface area contributed by atoms with Gasteiger partial charge in [0.05, 0.1) is 5.60 Å². The lowest BCUT2D eigenvalue weighted by atomic mass is 9.90. The predicted molar refractivity (Wildman–Crippen MR) is 94.2 cm³/mol. The van der Waals surface area contributed by atoms with Crippen LogP contribution in [0.2, 0.25) is 0 Å². The summed E-state index contributed by atoms with van der Waals surface area (Å²) in [7, 11) is 0. The molecule has 0 aromatic rings. The van der Waals surface area contributed by atoms with Gasteiger partial charge < -0.3 is 5.11 Å². The molecule has 0 fully saturated rings. The van der Waals surface area contributed by atoms with Crippen molar-refractivity contribution in [2.75, 3.05) is 0 Å². The average molecular weight is 296 g/mol. The van der Waals surface area contributed by atoms with Gasteiger partial charge in [0.25, 0.3) is 0 Å². The van der Waals surface area contributed by atoms with Gasteiger partial charge >= 0.3 is 0 Å². The smallest absolute Gasteiger partial charge is 0.0802 e. The van der Waals surface area contributed by atoms with Gasteiger partial charge in [-0.25, -0.2) is 0 Å². The largest absolute Gasteiger partial charge is 0.386 e. The van der Waals surface area contributed by atoms with E-state index in [-0.39, 0.29) is 0 Å². The van der Waals surface area contributed by atoms with Crippen LogP contribution in [0.15, 0.2) is 6.08 Å². The summed E-state index contributed by atoms with van der Waals surface area (Å²) in [6, 6.07) is 0. The summed E-state index contributed by atoms with van der Waals surface area (Å²) in [5.41, 5.74) is -0.787. The first-order valence-corrected chi connectivity index (χ1v) is 9.05. The second kappa shape index (κ2) is 11.3. The molecule has 0 spiro atoms. The Morgan fingerprint density at radius 2 is 1.29 bits per heavy atom. The number of hydrogen-bond donors (Lipinski definition) is 1. The van der Waals surface area contributed by atoms with Crippen molar-refractivity contribution in [1.29, 1.82) is 0 Å². The van der Waals surface area contributed by atoms with Crippen LogP contribution in [-0.2, 0) is 0 Å². The fourth-order valence-electron chi connectivity index (χ4n) is 2.87. The van der Waals surface area contributed by atoms with E-state index in [4.69, 9.17) is 6.58 Å². The summed E-state index contributed by atoms with van der Waals surface area (Å²) < 4.78 is 0. The molecule has 0 aliphatic rings. The first kappa shape index (κ1) is 20.7. The third kappa shape index (κ3) is 13.1. The fraction of sp³-hybridized carbons (Fsp3) is 0.900. The molecular weight excluding hydrogens is 256 g/mol. The Labute approximate surface area is 134 Å². The lowest BCUT2D eigenvalue weighted by Gasteiger charge is -2.19. The van der Waals surface area contributed by atoms with Gasteiger partial charge in [0.2, 0.25) is 0 Å². The van der Waals surface area contributed by atoms with Gasteiger partial charge in [0.15, 0.2) is 0 Å². The molecule has 125 valence electrons. The second-order valence-electron chi connectivity index (χ2n) is 7.88. The highest BCUT2D eigenvalue weighted by Gasteiger charge is 2.15. The highest BCUT2D eigenvalue weighted by molar-refractivity contribution is 4.89. The van der Waals surface area contributed by atoms with E-state index in [1.165, 1.54) is 51.0 Å². The lowest BCUT2D eigenvalue weighted by molar-refractivity contribution is 0.0971. The molecule has 1 N–H and O–H groups in total. The van der Waals surface area contributed by atoms with E-state index in [9.17, 15) is 5.11 Å². The van der Waals surface area contributed by atoms with Crippen molar-refractivity contribution < 1.29 is 5.11 Å². The van der Waals surface area contributed by atoms with Gasteiger partial charge in [0, 0.05) is 0 Å². The van der Waals surface area contributed by atoms with Gasteiger partial charge in [-0.05, 0) is 31.1 Å². The van der Waals surface area contributed by atoms with Gasteiger partial charge in [0.1, 0.15) is 0 Å². The third-order valence-electron chi connectivity index (χ3n) is 4.61. The van der Waals surface area contributed by atoms with Crippen molar-refractivity contribution in [1.82, 2.24) is 0 Å². The van der Waals surface area contributed by atoms with Gasteiger partial charge in [-0.2, -0.15) is 0 Å². The van der Waals surface area contributed by atoms with Crippen LogP contribution in [0.25, 0.3) is 0 Å². The molecule has 0 aliphatic heterocycles. The van der Waals surface area contributed by atoms with Crippen molar-refractivity contribution >= 4 is 0 Å². The maximum Gasteiger partial charge on any atom is 0.0802 e. The molecule has 1 radical (unpaired) electrons. The Balaban J connectivity index is 3.56. The summed E-state index contributed by atoms with van der Waals surface area (Å²) in [5.74, 6) is 2.49. The highest BCUT2D eigenvalue weighted by atomic mass is 16.3. The zero-order valence-corrected chi connectivity index (χ0v) is 15.2. The molecule has 0 aromatic heterocycles. The molecule has 21 heavy (non-hydrogen) atoms. The van der Waals surface area contributed by atoms with Crippen molar-refractivity contribution in [2.45, 2.75) is 98.0 Å². The molecule has 0 aromatic carbocycles. The van der Waals surface area contributed by atoms with E-state index in [0.717, 1.165) is 30.6 Å². The van der Waals surface area contributed by atoms with Gasteiger partial charge in [-0.3, -0.25) is 0 Å². The molecule has 0 aliphatic carbocycles. The minimum absolute atomic E-state index is 0.765. The third-order valence-corrected chi connectivity index (χ3v) is 4.61. The van der Waals surface area contributed by atoms with Crippen LogP contribution in [-0.4, -0.2) is 10.7 Å². The SMILES string of the molecule is [CH]=CC(C)(O)CCCC(C)CCCC(C)CCCC(C)C. The van der Waals surface area contributed by atoms with E-state index in [1.54, 1.807) is 6.92 Å². The normalized spacial score (nSPS) is 17.5. The monoisotopic (exact) mass is 295 g/mol. The van der Waals surface area contributed by atoms with E-state index in [0.29, 0.717) is 0 Å². The molecule has 3 unspecified atom stereocenters. The lowest BCUT2D eigenvalue weighted by Crippen LogP contribution is -2.20. The topological polar surface area (TPSA) is 20.2 Å². The molecular formula is C20H39O. The van der Waals surface area contributed by atoms with Crippen LogP contribution < -0.4 is 0 Å². The zero-order valence-electron chi connectivity index (χ0n) is 15.2. The van der Waals surface area contributed by atoms with Crippen molar-refractivity contribution in [3.63, 3.8) is 0 Å². The summed E-state index contributed by atoms with van der Waals surface area (Å²) in [6.45, 7) is 16.6. The minimum Gasteiger partial charge on any atom is -0.386 e. The fourth-order valence-corrected chi connectivity index (χ4v) is 2.87. The van der Waals surface area contributed by atoms with Crippen LogP contribution in [0.3, 0.4) is 0 Å². The number of rotatable bonds is 13. The maximum absolute atomic E-state index is 9.83. The Hall–Kier alpha value is -0.300. The summed E-state index contributed by atoms with van der Waals surface area (Å²) >= 11 is 0. The predicted octanol–water partition coefficient (Wildman–Crippen LogP) is 6.17. The van der Waals surface area contributed by atoms with E-state index < -0.39 is 5.60 Å². The zero-order chi connectivity index (χ0) is 16.3. The molecule has 1 heteroatoms. The van der Waals surface area contributed by atoms with E-state index in [1.807, 2.05) is 0 Å². The summed E-state index contributed by atoms with van der Waals surface area (Å²) in [6.07, 6.45) is 12.6. The first-order chi connectivity index (χ1) is 9.76. The van der Waals surface area contributed by atoms with Crippen molar-refractivity contribution in [3.05, 3.63) is 12.7 Å². The highest BCUT2D eigenvalue weighted by Crippen LogP contribution is 2.23. The first-order valence-electron chi connectivity index (χ1n) is 9.05. The van der Waals surface area contributed by atoms with Crippen LogP contribution in [0, 0.1) is 24.3 Å². The van der Waals surface area contributed by atoms with Crippen LogP contribution in [0.1, 0.15) is 92.4 Å². The van der Waals surface area contributed by atoms with Gasteiger partial charge in [-0.15, -0.1) is 0 Å².